The van der Waals surface area contributed by atoms with Crippen LogP contribution >= 0.6 is 0 Å². The summed E-state index contributed by atoms with van der Waals surface area (Å²) in [5, 5.41) is 1.22. The van der Waals surface area contributed by atoms with Gasteiger partial charge in [0.05, 0.1) is 16.6 Å². The van der Waals surface area contributed by atoms with Crippen LogP contribution in [0.5, 0.6) is 0 Å². The van der Waals surface area contributed by atoms with Crippen molar-refractivity contribution in [1.29, 1.82) is 0 Å². The summed E-state index contributed by atoms with van der Waals surface area (Å²) in [6, 6.07) is 14.8. The molecule has 0 amide bonds. The van der Waals surface area contributed by atoms with Gasteiger partial charge >= 0.3 is 0 Å². The van der Waals surface area contributed by atoms with Gasteiger partial charge in [0.15, 0.2) is 5.65 Å². The number of aromatic nitrogens is 3. The summed E-state index contributed by atoms with van der Waals surface area (Å²) >= 11 is 0. The van der Waals surface area contributed by atoms with Crippen LogP contribution in [-0.2, 0) is 6.54 Å². The number of para-hydroxylation sites is 2. The highest BCUT2D eigenvalue weighted by Crippen LogP contribution is 2.29. The molecule has 0 aliphatic heterocycles. The van der Waals surface area contributed by atoms with E-state index < -0.39 is 0 Å². The SMILES string of the molecule is CCCCCn1c2ccc(C)cc2c2nc3ccccc3nc21. The van der Waals surface area contributed by atoms with Crippen LogP contribution in [0.3, 0.4) is 0 Å². The van der Waals surface area contributed by atoms with Crippen molar-refractivity contribution in [2.45, 2.75) is 39.7 Å². The number of aryl methyl sites for hydroxylation is 2. The zero-order valence-electron chi connectivity index (χ0n) is 13.7. The molecule has 0 fully saturated rings. The number of hydrogen-bond acceptors (Lipinski definition) is 2. The second-order valence-corrected chi connectivity index (χ2v) is 6.26. The molecule has 0 aliphatic carbocycles. The van der Waals surface area contributed by atoms with Crippen molar-refractivity contribution in [3.05, 3.63) is 48.0 Å². The average molecular weight is 303 g/mol. The lowest BCUT2D eigenvalue weighted by molar-refractivity contribution is 0.625. The number of nitrogens with zero attached hydrogens (tertiary/aromatic N) is 3. The highest BCUT2D eigenvalue weighted by molar-refractivity contribution is 6.06. The fraction of sp³-hybridized carbons (Fsp3) is 0.300. The van der Waals surface area contributed by atoms with Gasteiger partial charge < -0.3 is 4.57 Å². The van der Waals surface area contributed by atoms with Crippen LogP contribution in [0.2, 0.25) is 0 Å². The smallest absolute Gasteiger partial charge is 0.160 e. The minimum atomic E-state index is 0.967. The first-order chi connectivity index (χ1) is 11.3. The van der Waals surface area contributed by atoms with E-state index in [9.17, 15) is 0 Å². The van der Waals surface area contributed by atoms with Gasteiger partial charge in [0.2, 0.25) is 0 Å². The molecule has 3 heteroatoms. The van der Waals surface area contributed by atoms with Crippen LogP contribution in [0.4, 0.5) is 0 Å². The molecule has 3 nitrogen and oxygen atoms in total. The molecule has 2 heterocycles. The molecule has 116 valence electrons. The van der Waals surface area contributed by atoms with E-state index in [1.54, 1.807) is 0 Å². The fourth-order valence-corrected chi connectivity index (χ4v) is 3.29. The van der Waals surface area contributed by atoms with Crippen molar-refractivity contribution in [2.24, 2.45) is 0 Å². The topological polar surface area (TPSA) is 30.7 Å². The summed E-state index contributed by atoms with van der Waals surface area (Å²) in [6.45, 7) is 5.38. The predicted molar refractivity (Wildman–Crippen MR) is 96.8 cm³/mol. The number of unbranched alkanes of at least 4 members (excludes halogenated alkanes) is 2. The second-order valence-electron chi connectivity index (χ2n) is 6.26. The Morgan fingerprint density at radius 3 is 2.52 bits per heavy atom. The van der Waals surface area contributed by atoms with E-state index in [1.165, 1.54) is 35.7 Å². The zero-order chi connectivity index (χ0) is 15.8. The standard InChI is InChI=1S/C20H21N3/c1-3-4-7-12-23-18-11-10-14(2)13-15(18)19-20(23)22-17-9-6-5-8-16(17)21-19/h5-6,8-11,13H,3-4,7,12H2,1-2H3. The molecule has 0 spiro atoms. The summed E-state index contributed by atoms with van der Waals surface area (Å²) < 4.78 is 2.35. The van der Waals surface area contributed by atoms with Gasteiger partial charge in [-0.3, -0.25) is 0 Å². The molecule has 0 saturated carbocycles. The minimum Gasteiger partial charge on any atom is -0.324 e. The van der Waals surface area contributed by atoms with Gasteiger partial charge in [-0.05, 0) is 37.6 Å². The van der Waals surface area contributed by atoms with E-state index in [0.29, 0.717) is 0 Å². The Morgan fingerprint density at radius 2 is 1.74 bits per heavy atom. The van der Waals surface area contributed by atoms with E-state index in [2.05, 4.69) is 36.6 Å². The second kappa shape index (κ2) is 5.65. The third-order valence-corrected chi connectivity index (χ3v) is 4.49. The zero-order valence-corrected chi connectivity index (χ0v) is 13.7. The molecule has 4 aromatic rings. The normalized spacial score (nSPS) is 11.7. The van der Waals surface area contributed by atoms with Gasteiger partial charge in [-0.15, -0.1) is 0 Å². The van der Waals surface area contributed by atoms with Crippen LogP contribution in [0, 0.1) is 6.92 Å². The quantitative estimate of drug-likeness (QED) is 0.483. The third kappa shape index (κ3) is 2.37. The first-order valence-corrected chi connectivity index (χ1v) is 8.43. The van der Waals surface area contributed by atoms with Crippen molar-refractivity contribution in [1.82, 2.24) is 14.5 Å². The Labute approximate surface area is 136 Å². The van der Waals surface area contributed by atoms with Crippen LogP contribution < -0.4 is 0 Å². The van der Waals surface area contributed by atoms with E-state index in [0.717, 1.165) is 28.7 Å². The minimum absolute atomic E-state index is 0.967. The Bertz CT molecular complexity index is 998. The molecule has 0 unspecified atom stereocenters. The highest BCUT2D eigenvalue weighted by atomic mass is 15.1. The Hall–Kier alpha value is -2.42. The molecular formula is C20H21N3. The summed E-state index contributed by atoms with van der Waals surface area (Å²) in [5.41, 5.74) is 6.49. The van der Waals surface area contributed by atoms with E-state index >= 15 is 0 Å². The fourth-order valence-electron chi connectivity index (χ4n) is 3.29. The van der Waals surface area contributed by atoms with Gasteiger partial charge in [0.25, 0.3) is 0 Å². The lowest BCUT2D eigenvalue weighted by atomic mass is 10.1. The first-order valence-electron chi connectivity index (χ1n) is 8.43. The number of fused-ring (bicyclic) bond motifs is 4. The maximum absolute atomic E-state index is 4.92. The molecule has 4 rings (SSSR count). The number of rotatable bonds is 4. The summed E-state index contributed by atoms with van der Waals surface area (Å²) in [4.78, 5) is 9.84. The molecule has 0 aliphatic rings. The Kier molecular flexibility index (Phi) is 3.49. The first kappa shape index (κ1) is 14.2. The lowest BCUT2D eigenvalue weighted by Crippen LogP contribution is -1.99. The molecule has 0 radical (unpaired) electrons. The van der Waals surface area contributed by atoms with Gasteiger partial charge in [-0.25, -0.2) is 9.97 Å². The largest absolute Gasteiger partial charge is 0.324 e. The summed E-state index contributed by atoms with van der Waals surface area (Å²) in [5.74, 6) is 0. The monoisotopic (exact) mass is 303 g/mol. The highest BCUT2D eigenvalue weighted by Gasteiger charge is 2.14. The molecule has 0 atom stereocenters. The Morgan fingerprint density at radius 1 is 0.957 bits per heavy atom. The number of hydrogen-bond donors (Lipinski definition) is 0. The van der Waals surface area contributed by atoms with Crippen LogP contribution in [-0.4, -0.2) is 14.5 Å². The molecular weight excluding hydrogens is 282 g/mol. The predicted octanol–water partition coefficient (Wildman–Crippen LogP) is 5.24. The molecule has 0 N–H and O–H groups in total. The van der Waals surface area contributed by atoms with Crippen molar-refractivity contribution in [3.8, 4) is 0 Å². The summed E-state index contributed by atoms with van der Waals surface area (Å²) in [6.07, 6.45) is 3.65. The molecule has 23 heavy (non-hydrogen) atoms. The maximum atomic E-state index is 4.92. The maximum Gasteiger partial charge on any atom is 0.160 e. The van der Waals surface area contributed by atoms with Crippen LogP contribution in [0.15, 0.2) is 42.5 Å². The van der Waals surface area contributed by atoms with Gasteiger partial charge in [0.1, 0.15) is 5.52 Å². The van der Waals surface area contributed by atoms with Crippen LogP contribution in [0.25, 0.3) is 33.1 Å². The average Bonchev–Trinajstić information content (AvgIpc) is 2.86. The van der Waals surface area contributed by atoms with Crippen molar-refractivity contribution in [2.75, 3.05) is 0 Å². The van der Waals surface area contributed by atoms with Crippen LogP contribution in [0.1, 0.15) is 31.7 Å². The molecule has 0 saturated heterocycles. The van der Waals surface area contributed by atoms with Crippen molar-refractivity contribution < 1.29 is 0 Å². The van der Waals surface area contributed by atoms with Gasteiger partial charge in [0, 0.05) is 11.9 Å². The summed E-state index contributed by atoms with van der Waals surface area (Å²) in [7, 11) is 0. The van der Waals surface area contributed by atoms with E-state index in [1.807, 2.05) is 24.3 Å². The number of benzene rings is 2. The van der Waals surface area contributed by atoms with Gasteiger partial charge in [-0.1, -0.05) is 43.5 Å². The molecule has 2 aromatic heterocycles. The third-order valence-electron chi connectivity index (χ3n) is 4.49. The van der Waals surface area contributed by atoms with Crippen molar-refractivity contribution >= 4 is 33.1 Å². The Balaban J connectivity index is 2.04. The van der Waals surface area contributed by atoms with Gasteiger partial charge in [-0.2, -0.15) is 0 Å². The van der Waals surface area contributed by atoms with E-state index in [-0.39, 0.29) is 0 Å². The van der Waals surface area contributed by atoms with Crippen molar-refractivity contribution in [3.63, 3.8) is 0 Å². The lowest BCUT2D eigenvalue weighted by Gasteiger charge is -2.06. The van der Waals surface area contributed by atoms with E-state index in [4.69, 9.17) is 9.97 Å². The molecule has 2 aromatic carbocycles. The molecule has 0 bridgehead atoms.